The van der Waals surface area contributed by atoms with Gasteiger partial charge in [0.1, 0.15) is 12.4 Å². The molecule has 1 heterocycles. The Morgan fingerprint density at radius 2 is 2.05 bits per heavy atom. The molecular weight excluding hydrogens is 358 g/mol. The summed E-state index contributed by atoms with van der Waals surface area (Å²) in [4.78, 5) is 1.83. The van der Waals surface area contributed by atoms with E-state index >= 15 is 0 Å². The van der Waals surface area contributed by atoms with E-state index in [1.165, 1.54) is 6.07 Å². The van der Waals surface area contributed by atoms with Crippen LogP contribution in [0.4, 0.5) is 4.39 Å². The number of rotatable bonds is 5. The zero-order valence-corrected chi connectivity index (χ0v) is 16.0. The van der Waals surface area contributed by atoms with Crippen molar-refractivity contribution in [2.24, 2.45) is 0 Å². The van der Waals surface area contributed by atoms with Gasteiger partial charge in [-0.25, -0.2) is 4.39 Å². The summed E-state index contributed by atoms with van der Waals surface area (Å²) in [6.45, 7) is 6.79. The van der Waals surface area contributed by atoms with Crippen LogP contribution in [0.25, 0.3) is 5.70 Å². The third-order valence-electron chi connectivity index (χ3n) is 3.37. The quantitative estimate of drug-likeness (QED) is 0.580. The van der Waals surface area contributed by atoms with E-state index in [2.05, 4.69) is 12.7 Å². The van der Waals surface area contributed by atoms with Gasteiger partial charge in [0.15, 0.2) is 0 Å². The number of halogens is 1. The third-order valence-corrected chi connectivity index (χ3v) is 3.37. The van der Waals surface area contributed by atoms with E-state index in [0.29, 0.717) is 30.2 Å². The molecule has 0 spiro atoms. The van der Waals surface area contributed by atoms with Crippen LogP contribution < -0.4 is 4.74 Å². The van der Waals surface area contributed by atoms with E-state index in [-0.39, 0.29) is 38.5 Å². The maximum atomic E-state index is 14.3. The number of hydrogen-bond acceptors (Lipinski definition) is 3. The number of allylic oxidation sites excluding steroid dienone is 3. The minimum Gasteiger partial charge on any atom is -0.491 e. The molecular formula is C17H19FNO2Y-. The molecule has 0 aliphatic carbocycles. The van der Waals surface area contributed by atoms with Crippen molar-refractivity contribution in [2.45, 2.75) is 6.92 Å². The molecule has 0 aromatic heterocycles. The van der Waals surface area contributed by atoms with E-state index in [4.69, 9.17) is 9.47 Å². The number of benzene rings is 1. The molecule has 5 heteroatoms. The second-order valence-corrected chi connectivity index (χ2v) is 4.81. The van der Waals surface area contributed by atoms with E-state index < -0.39 is 0 Å². The van der Waals surface area contributed by atoms with Crippen molar-refractivity contribution in [3.05, 3.63) is 59.6 Å². The first-order chi connectivity index (χ1) is 10.0. The molecule has 115 valence electrons. The Morgan fingerprint density at radius 3 is 2.68 bits per heavy atom. The molecule has 1 aromatic rings. The minimum absolute atomic E-state index is 0. The first-order valence-electron chi connectivity index (χ1n) is 6.69. The van der Waals surface area contributed by atoms with Crippen molar-refractivity contribution in [1.82, 2.24) is 4.90 Å². The molecule has 1 aliphatic heterocycles. The average molecular weight is 377 g/mol. The van der Waals surface area contributed by atoms with Crippen molar-refractivity contribution >= 4 is 5.70 Å². The van der Waals surface area contributed by atoms with Crippen molar-refractivity contribution in [3.63, 3.8) is 0 Å². The Bertz CT molecular complexity index is 611. The normalized spacial score (nSPS) is 14.2. The molecule has 1 radical (unpaired) electrons. The number of methoxy groups -OCH3 is 1. The molecule has 0 saturated heterocycles. The summed E-state index contributed by atoms with van der Waals surface area (Å²) in [5.41, 5.74) is 2.98. The summed E-state index contributed by atoms with van der Waals surface area (Å²) in [6, 6.07) is 4.81. The van der Waals surface area contributed by atoms with E-state index in [0.717, 1.165) is 11.3 Å². The maximum Gasteiger partial charge on any atom is 0.120 e. The Labute approximate surface area is 156 Å². The van der Waals surface area contributed by atoms with Gasteiger partial charge in [0.25, 0.3) is 0 Å². The van der Waals surface area contributed by atoms with Gasteiger partial charge in [-0.3, -0.25) is 0 Å². The van der Waals surface area contributed by atoms with Crippen LogP contribution in [0, 0.1) is 11.9 Å². The fraction of sp³-hybridized carbons (Fsp3) is 0.294. The SMILES string of the molecule is C=C1C(C)=C[C-]=C(c2ccc(OCCOC)cc2F)N1C.[Y]. The van der Waals surface area contributed by atoms with Gasteiger partial charge in [-0.15, -0.1) is 11.6 Å². The molecule has 0 N–H and O–H groups in total. The molecule has 22 heavy (non-hydrogen) atoms. The summed E-state index contributed by atoms with van der Waals surface area (Å²) < 4.78 is 24.6. The van der Waals surface area contributed by atoms with Gasteiger partial charge >= 0.3 is 0 Å². The topological polar surface area (TPSA) is 21.7 Å². The first kappa shape index (κ1) is 19.1. The number of hydrogen-bond donors (Lipinski definition) is 0. The van der Waals surface area contributed by atoms with Gasteiger partial charge in [-0.2, -0.15) is 12.2 Å². The molecule has 1 aliphatic rings. The smallest absolute Gasteiger partial charge is 0.120 e. The monoisotopic (exact) mass is 377 g/mol. The van der Waals surface area contributed by atoms with Crippen LogP contribution in [0.2, 0.25) is 0 Å². The zero-order valence-electron chi connectivity index (χ0n) is 13.1. The fourth-order valence-electron chi connectivity index (χ4n) is 2.04. The molecule has 0 atom stereocenters. The third kappa shape index (κ3) is 4.28. The number of nitrogens with zero attached hydrogens (tertiary/aromatic N) is 1. The molecule has 0 amide bonds. The summed E-state index contributed by atoms with van der Waals surface area (Å²) >= 11 is 0. The van der Waals surface area contributed by atoms with Gasteiger partial charge in [-0.1, -0.05) is 24.8 Å². The van der Waals surface area contributed by atoms with Crippen LogP contribution in [0.3, 0.4) is 0 Å². The molecule has 0 saturated carbocycles. The average Bonchev–Trinajstić information content (AvgIpc) is 2.46. The standard InChI is InChI=1S/C17H19FNO2.Y/c1-12-5-8-17(19(3)13(12)2)15-7-6-14(11-16(15)18)21-10-9-20-4;/h5-7,11H,2,9-10H2,1,3-4H3;/q-1;. The second kappa shape index (κ2) is 8.61. The van der Waals surface area contributed by atoms with E-state index in [1.54, 1.807) is 19.2 Å². The van der Waals surface area contributed by atoms with Crippen molar-refractivity contribution < 1.29 is 46.6 Å². The maximum absolute atomic E-state index is 14.3. The minimum atomic E-state index is -0.347. The Hall–Kier alpha value is -0.966. The molecule has 2 rings (SSSR count). The fourth-order valence-corrected chi connectivity index (χ4v) is 2.04. The van der Waals surface area contributed by atoms with Crippen LogP contribution in [0.1, 0.15) is 12.5 Å². The van der Waals surface area contributed by atoms with E-state index in [9.17, 15) is 4.39 Å². The number of likely N-dealkylation sites (N-methyl/N-ethyl adjacent to an activating group) is 1. The van der Waals surface area contributed by atoms with Gasteiger partial charge in [-0.05, 0) is 11.8 Å². The molecule has 0 fully saturated rings. The molecule has 0 bridgehead atoms. The zero-order chi connectivity index (χ0) is 15.4. The predicted octanol–water partition coefficient (Wildman–Crippen LogP) is 3.40. The van der Waals surface area contributed by atoms with Crippen molar-refractivity contribution in [2.75, 3.05) is 27.4 Å². The number of ether oxygens (including phenoxy) is 2. The van der Waals surface area contributed by atoms with Gasteiger partial charge < -0.3 is 14.4 Å². The summed E-state index contributed by atoms with van der Waals surface area (Å²) in [5.74, 6) is 0.137. The first-order valence-corrected chi connectivity index (χ1v) is 6.69. The largest absolute Gasteiger partial charge is 0.491 e. The Kier molecular flexibility index (Phi) is 7.47. The van der Waals surface area contributed by atoms with Gasteiger partial charge in [0, 0.05) is 52.9 Å². The summed E-state index contributed by atoms with van der Waals surface area (Å²) in [5, 5.41) is 0. The van der Waals surface area contributed by atoms with Gasteiger partial charge in [0.05, 0.1) is 12.4 Å². The van der Waals surface area contributed by atoms with Gasteiger partial charge in [0.2, 0.25) is 0 Å². The van der Waals surface area contributed by atoms with Crippen molar-refractivity contribution in [3.8, 4) is 5.75 Å². The van der Waals surface area contributed by atoms with E-state index in [1.807, 2.05) is 24.9 Å². The molecule has 0 unspecified atom stereocenters. The van der Waals surface area contributed by atoms with Crippen LogP contribution in [0.5, 0.6) is 5.75 Å². The Balaban J connectivity index is 0.00000242. The summed E-state index contributed by atoms with van der Waals surface area (Å²) in [7, 11) is 3.44. The second-order valence-electron chi connectivity index (χ2n) is 4.81. The van der Waals surface area contributed by atoms with Crippen LogP contribution in [-0.2, 0) is 37.4 Å². The van der Waals surface area contributed by atoms with Crippen LogP contribution in [0.15, 0.2) is 42.1 Å². The predicted molar refractivity (Wildman–Crippen MR) is 81.1 cm³/mol. The Morgan fingerprint density at radius 1 is 1.32 bits per heavy atom. The van der Waals surface area contributed by atoms with Crippen molar-refractivity contribution in [1.29, 1.82) is 0 Å². The molecule has 3 nitrogen and oxygen atoms in total. The van der Waals surface area contributed by atoms with Crippen LogP contribution >= 0.6 is 0 Å². The van der Waals surface area contributed by atoms with Crippen LogP contribution in [-0.4, -0.2) is 32.3 Å². The molecule has 1 aromatic carbocycles. The summed E-state index contributed by atoms with van der Waals surface area (Å²) in [6.07, 6.45) is 4.92.